The summed E-state index contributed by atoms with van der Waals surface area (Å²) < 4.78 is 4.39. The predicted octanol–water partition coefficient (Wildman–Crippen LogP) is 10.8. The van der Waals surface area contributed by atoms with E-state index in [-0.39, 0.29) is 5.41 Å². The van der Waals surface area contributed by atoms with E-state index in [4.69, 9.17) is 6.57 Å². The lowest BCUT2D eigenvalue weighted by Gasteiger charge is -2.19. The molecule has 0 atom stereocenters. The maximum atomic E-state index is 10.4. The number of nitriles is 1. The summed E-state index contributed by atoms with van der Waals surface area (Å²) in [4.78, 5) is 3.98. The summed E-state index contributed by atoms with van der Waals surface area (Å²) in [7, 11) is 0. The molecule has 0 saturated heterocycles. The van der Waals surface area contributed by atoms with Crippen molar-refractivity contribution < 1.29 is 0 Å². The van der Waals surface area contributed by atoms with Gasteiger partial charge in [-0.05, 0) is 64.2 Å². The fourth-order valence-electron chi connectivity index (χ4n) is 6.81. The Balaban J connectivity index is 1.54. The topological polar surface area (TPSA) is 38.0 Å². The van der Waals surface area contributed by atoms with Crippen molar-refractivity contribution in [3.63, 3.8) is 0 Å². The van der Waals surface area contributed by atoms with Gasteiger partial charge < -0.3 is 9.13 Å². The van der Waals surface area contributed by atoms with Crippen LogP contribution in [0.1, 0.15) is 31.9 Å². The van der Waals surface area contributed by atoms with Crippen LogP contribution in [-0.2, 0) is 5.41 Å². The number of benzene rings is 6. The van der Waals surface area contributed by atoms with E-state index in [0.29, 0.717) is 11.3 Å². The average molecular weight is 565 g/mol. The number of para-hydroxylation sites is 2. The van der Waals surface area contributed by atoms with Crippen LogP contribution in [0.15, 0.2) is 115 Å². The van der Waals surface area contributed by atoms with Gasteiger partial charge in [0, 0.05) is 21.5 Å². The second kappa shape index (κ2) is 9.33. The van der Waals surface area contributed by atoms with Gasteiger partial charge >= 0.3 is 0 Å². The van der Waals surface area contributed by atoms with Gasteiger partial charge in [0.2, 0.25) is 5.69 Å². The molecule has 2 aromatic heterocycles. The maximum Gasteiger partial charge on any atom is 0.212 e. The molecule has 0 spiro atoms. The van der Waals surface area contributed by atoms with E-state index in [1.165, 1.54) is 21.7 Å². The summed E-state index contributed by atoms with van der Waals surface area (Å²) in [6.45, 7) is 14.9. The molecule has 8 rings (SSSR count). The smallest absolute Gasteiger partial charge is 0.212 e. The molecule has 2 heterocycles. The van der Waals surface area contributed by atoms with Crippen LogP contribution in [0.25, 0.3) is 70.6 Å². The highest BCUT2D eigenvalue weighted by molar-refractivity contribution is 6.21. The third kappa shape index (κ3) is 3.62. The predicted molar refractivity (Wildman–Crippen MR) is 182 cm³/mol. The van der Waals surface area contributed by atoms with Crippen LogP contribution in [0.5, 0.6) is 0 Å². The van der Waals surface area contributed by atoms with E-state index < -0.39 is 0 Å². The number of rotatable bonds is 2. The summed E-state index contributed by atoms with van der Waals surface area (Å²) in [5, 5.41) is 17.3. The molecule has 0 aliphatic carbocycles. The number of hydrogen-bond donors (Lipinski definition) is 0. The van der Waals surface area contributed by atoms with Gasteiger partial charge in [-0.1, -0.05) is 93.6 Å². The molecule has 0 unspecified atom stereocenters. The Kier molecular flexibility index (Phi) is 5.48. The van der Waals surface area contributed by atoms with Gasteiger partial charge in [0.15, 0.2) is 0 Å². The van der Waals surface area contributed by atoms with Gasteiger partial charge in [-0.15, -0.1) is 0 Å². The van der Waals surface area contributed by atoms with Crippen molar-refractivity contribution in [2.75, 3.05) is 0 Å². The number of aromatic nitrogens is 2. The van der Waals surface area contributed by atoms with Gasteiger partial charge in [0.25, 0.3) is 0 Å². The minimum atomic E-state index is -0.0208. The van der Waals surface area contributed by atoms with Gasteiger partial charge in [-0.3, -0.25) is 0 Å². The molecule has 0 bridgehead atoms. The Bertz CT molecular complexity index is 2500. The maximum absolute atomic E-state index is 10.4. The Hall–Kier alpha value is -5.84. The number of hydrogen-bond acceptors (Lipinski definition) is 1. The molecule has 0 aliphatic heterocycles. The molecule has 0 amide bonds. The molecule has 0 N–H and O–H groups in total. The first-order valence-electron chi connectivity index (χ1n) is 14.8. The Morgan fingerprint density at radius 2 is 1.20 bits per heavy atom. The molecule has 208 valence electrons. The Morgan fingerprint density at radius 1 is 0.614 bits per heavy atom. The highest BCUT2D eigenvalue weighted by Crippen LogP contribution is 2.42. The number of nitrogens with zero attached hydrogens (tertiary/aromatic N) is 4. The SMILES string of the molecule is [C-]#[N+]c1cc(C#N)c(-n2c3ccccc3c3ccccc32)cc1-n1c2ccc(C(C)(C)C)cc2c2c3ccccc3ccc21. The fourth-order valence-corrected chi connectivity index (χ4v) is 6.81. The normalized spacial score (nSPS) is 11.9. The lowest BCUT2D eigenvalue weighted by Crippen LogP contribution is -2.10. The number of fused-ring (bicyclic) bond motifs is 8. The van der Waals surface area contributed by atoms with E-state index in [0.717, 1.165) is 49.6 Å². The molecule has 44 heavy (non-hydrogen) atoms. The van der Waals surface area contributed by atoms with E-state index in [1.807, 2.05) is 30.3 Å². The summed E-state index contributed by atoms with van der Waals surface area (Å²) >= 11 is 0. The zero-order valence-electron chi connectivity index (χ0n) is 24.8. The van der Waals surface area contributed by atoms with Crippen LogP contribution in [-0.4, -0.2) is 9.13 Å². The van der Waals surface area contributed by atoms with Crippen molar-refractivity contribution in [3.8, 4) is 17.4 Å². The zero-order chi connectivity index (χ0) is 30.2. The van der Waals surface area contributed by atoms with Crippen molar-refractivity contribution in [3.05, 3.63) is 138 Å². The summed E-state index contributed by atoms with van der Waals surface area (Å²) in [6.07, 6.45) is 0. The van der Waals surface area contributed by atoms with E-state index in [9.17, 15) is 5.26 Å². The minimum Gasteiger partial charge on any atom is -0.319 e. The minimum absolute atomic E-state index is 0.0208. The first kappa shape index (κ1) is 25.8. The lowest BCUT2D eigenvalue weighted by molar-refractivity contribution is 0.591. The largest absolute Gasteiger partial charge is 0.319 e. The van der Waals surface area contributed by atoms with E-state index in [1.54, 1.807) is 6.07 Å². The third-order valence-electron chi connectivity index (χ3n) is 8.92. The van der Waals surface area contributed by atoms with Crippen LogP contribution in [0.3, 0.4) is 0 Å². The molecule has 8 aromatic rings. The van der Waals surface area contributed by atoms with Crippen molar-refractivity contribution in [2.45, 2.75) is 26.2 Å². The van der Waals surface area contributed by atoms with E-state index in [2.05, 4.69) is 120 Å². The van der Waals surface area contributed by atoms with Crippen molar-refractivity contribution in [1.29, 1.82) is 5.26 Å². The summed E-state index contributed by atoms with van der Waals surface area (Å²) in [5.74, 6) is 0. The molecule has 0 fully saturated rings. The third-order valence-corrected chi connectivity index (χ3v) is 8.92. The average Bonchev–Trinajstić information content (AvgIpc) is 3.56. The van der Waals surface area contributed by atoms with Gasteiger partial charge in [-0.2, -0.15) is 5.26 Å². The lowest BCUT2D eigenvalue weighted by atomic mass is 9.86. The first-order valence-corrected chi connectivity index (χ1v) is 14.8. The summed E-state index contributed by atoms with van der Waals surface area (Å²) in [6, 6.07) is 42.3. The molecule has 0 radical (unpaired) electrons. The van der Waals surface area contributed by atoms with Crippen molar-refractivity contribution >= 4 is 60.1 Å². The molecule has 4 nitrogen and oxygen atoms in total. The second-order valence-corrected chi connectivity index (χ2v) is 12.4. The first-order chi connectivity index (χ1) is 21.4. The van der Waals surface area contributed by atoms with Crippen LogP contribution < -0.4 is 0 Å². The Morgan fingerprint density at radius 3 is 1.86 bits per heavy atom. The second-order valence-electron chi connectivity index (χ2n) is 12.4. The molecule has 0 saturated carbocycles. The van der Waals surface area contributed by atoms with Crippen LogP contribution >= 0.6 is 0 Å². The zero-order valence-corrected chi connectivity index (χ0v) is 24.8. The Labute approximate surface area is 255 Å². The molecule has 6 aromatic carbocycles. The highest BCUT2D eigenvalue weighted by Gasteiger charge is 2.23. The van der Waals surface area contributed by atoms with Gasteiger partial charge in [-0.25, -0.2) is 4.85 Å². The van der Waals surface area contributed by atoms with Crippen LogP contribution in [0.4, 0.5) is 5.69 Å². The van der Waals surface area contributed by atoms with Crippen molar-refractivity contribution in [2.24, 2.45) is 0 Å². The van der Waals surface area contributed by atoms with E-state index >= 15 is 0 Å². The quantitative estimate of drug-likeness (QED) is 0.192. The molecular formula is C40H28N4. The monoisotopic (exact) mass is 564 g/mol. The van der Waals surface area contributed by atoms with Crippen LogP contribution in [0, 0.1) is 17.9 Å². The fraction of sp³-hybridized carbons (Fsp3) is 0.100. The van der Waals surface area contributed by atoms with Crippen molar-refractivity contribution in [1.82, 2.24) is 9.13 Å². The molecule has 4 heteroatoms. The molecule has 0 aliphatic rings. The molecular weight excluding hydrogens is 536 g/mol. The summed E-state index contributed by atoms with van der Waals surface area (Å²) in [5.41, 5.74) is 7.78. The standard InChI is InChI=1S/C40H28N4/c1-40(2,3)27-18-20-35-31(22-27)39-28-12-6-5-11-25(28)17-19-36(39)44(35)38-23-37(26(24-41)21-32(38)42-4)43-33-15-9-7-13-29(33)30-14-8-10-16-34(30)43/h5-23H,1-3H3. The highest BCUT2D eigenvalue weighted by atomic mass is 15.0. The van der Waals surface area contributed by atoms with Gasteiger partial charge in [0.1, 0.15) is 0 Å². The van der Waals surface area contributed by atoms with Gasteiger partial charge in [0.05, 0.1) is 51.6 Å². The van der Waals surface area contributed by atoms with Crippen LogP contribution in [0.2, 0.25) is 0 Å².